The lowest BCUT2D eigenvalue weighted by molar-refractivity contribution is -0.136. The largest absolute Gasteiger partial charge is 0.481 e. The number of fused-ring (bicyclic) bond motifs is 1. The first kappa shape index (κ1) is 14.2. The van der Waals surface area contributed by atoms with E-state index in [0.29, 0.717) is 0 Å². The lowest BCUT2D eigenvalue weighted by atomic mass is 10.1. The summed E-state index contributed by atoms with van der Waals surface area (Å²) in [7, 11) is 0. The third-order valence-corrected chi connectivity index (χ3v) is 2.36. The first-order valence-electron chi connectivity index (χ1n) is 4.46. The highest BCUT2D eigenvalue weighted by Crippen LogP contribution is 2.21. The van der Waals surface area contributed by atoms with Gasteiger partial charge in [0, 0.05) is 16.6 Å². The number of rotatable bonds is 2. The summed E-state index contributed by atoms with van der Waals surface area (Å²) in [5.74, 6) is -0.794. The van der Waals surface area contributed by atoms with Crippen molar-refractivity contribution in [2.24, 2.45) is 0 Å². The topological polar surface area (TPSA) is 116 Å². The molecular weight excluding hydrogens is 210 g/mol. The maximum absolute atomic E-state index is 10.6. The van der Waals surface area contributed by atoms with Gasteiger partial charge in [0.05, 0.1) is 6.42 Å². The number of H-pyrrole nitrogens is 1. The average molecular weight is 225 g/mol. The Kier molecular flexibility index (Phi) is 4.68. The molecule has 0 bridgehead atoms. The van der Waals surface area contributed by atoms with E-state index in [4.69, 9.17) is 5.11 Å². The van der Waals surface area contributed by atoms with Crippen molar-refractivity contribution >= 4 is 16.9 Å². The number of benzene rings is 1. The van der Waals surface area contributed by atoms with Gasteiger partial charge in [-0.25, -0.2) is 0 Å². The third-order valence-electron chi connectivity index (χ3n) is 2.36. The van der Waals surface area contributed by atoms with Gasteiger partial charge in [-0.3, -0.25) is 4.79 Å². The Bertz CT molecular complexity index is 490. The Morgan fingerprint density at radius 1 is 1.31 bits per heavy atom. The summed E-state index contributed by atoms with van der Waals surface area (Å²) in [6.45, 7) is 1.90. The summed E-state index contributed by atoms with van der Waals surface area (Å²) >= 11 is 0. The molecule has 0 saturated carbocycles. The van der Waals surface area contributed by atoms with Crippen LogP contribution in [0, 0.1) is 6.92 Å². The number of aliphatic carboxylic acids is 1. The van der Waals surface area contributed by atoms with Gasteiger partial charge in [0.15, 0.2) is 0 Å². The molecule has 1 aromatic heterocycles. The Morgan fingerprint density at radius 2 is 1.94 bits per heavy atom. The Labute approximate surface area is 92.3 Å². The molecule has 0 aliphatic carbocycles. The van der Waals surface area contributed by atoms with E-state index < -0.39 is 5.97 Å². The molecule has 1 aromatic carbocycles. The van der Waals surface area contributed by atoms with Crippen molar-refractivity contribution in [1.82, 2.24) is 4.98 Å². The Balaban J connectivity index is 0.00000112. The highest BCUT2D eigenvalue weighted by Gasteiger charge is 2.10. The number of aromatic nitrogens is 1. The van der Waals surface area contributed by atoms with E-state index in [-0.39, 0.29) is 17.4 Å². The second-order valence-electron chi connectivity index (χ2n) is 3.34. The van der Waals surface area contributed by atoms with Gasteiger partial charge in [-0.2, -0.15) is 0 Å². The minimum Gasteiger partial charge on any atom is -0.481 e. The lowest BCUT2D eigenvalue weighted by Gasteiger charge is -1.95. The number of nitrogens with one attached hydrogen (secondary N) is 1. The monoisotopic (exact) mass is 225 g/mol. The molecule has 0 fully saturated rings. The van der Waals surface area contributed by atoms with E-state index in [9.17, 15) is 4.79 Å². The molecule has 88 valence electrons. The fourth-order valence-electron chi connectivity index (χ4n) is 1.71. The maximum Gasteiger partial charge on any atom is 0.307 e. The van der Waals surface area contributed by atoms with Gasteiger partial charge in [0.1, 0.15) is 0 Å². The van der Waals surface area contributed by atoms with Crippen molar-refractivity contribution in [2.75, 3.05) is 0 Å². The van der Waals surface area contributed by atoms with Crippen molar-refractivity contribution in [3.63, 3.8) is 0 Å². The van der Waals surface area contributed by atoms with Crippen molar-refractivity contribution in [3.05, 3.63) is 35.5 Å². The van der Waals surface area contributed by atoms with Crippen molar-refractivity contribution < 1.29 is 20.9 Å². The molecule has 2 aromatic rings. The van der Waals surface area contributed by atoms with Crippen molar-refractivity contribution in [1.29, 1.82) is 0 Å². The second-order valence-corrected chi connectivity index (χ2v) is 3.34. The van der Waals surface area contributed by atoms with Crippen LogP contribution in [-0.4, -0.2) is 27.0 Å². The zero-order valence-electron chi connectivity index (χ0n) is 8.87. The summed E-state index contributed by atoms with van der Waals surface area (Å²) < 4.78 is 0. The van der Waals surface area contributed by atoms with Crippen LogP contribution < -0.4 is 0 Å². The lowest BCUT2D eigenvalue weighted by Crippen LogP contribution is -2.00. The molecule has 5 nitrogen and oxygen atoms in total. The van der Waals surface area contributed by atoms with Crippen LogP contribution in [0.2, 0.25) is 0 Å². The summed E-state index contributed by atoms with van der Waals surface area (Å²) in [6, 6.07) is 7.74. The van der Waals surface area contributed by atoms with Gasteiger partial charge < -0.3 is 21.0 Å². The fourth-order valence-corrected chi connectivity index (χ4v) is 1.71. The second kappa shape index (κ2) is 5.29. The van der Waals surface area contributed by atoms with Crippen LogP contribution in [-0.2, 0) is 11.2 Å². The zero-order valence-corrected chi connectivity index (χ0v) is 8.87. The van der Waals surface area contributed by atoms with Gasteiger partial charge in [0.2, 0.25) is 0 Å². The summed E-state index contributed by atoms with van der Waals surface area (Å²) in [5, 5.41) is 9.76. The van der Waals surface area contributed by atoms with Gasteiger partial charge in [-0.15, -0.1) is 0 Å². The van der Waals surface area contributed by atoms with Gasteiger partial charge >= 0.3 is 5.97 Å². The first-order valence-corrected chi connectivity index (χ1v) is 4.46. The minimum atomic E-state index is -0.794. The number of hydrogen-bond donors (Lipinski definition) is 2. The molecule has 0 spiro atoms. The molecule has 0 amide bonds. The van der Waals surface area contributed by atoms with E-state index in [2.05, 4.69) is 4.98 Å². The molecule has 5 heteroatoms. The predicted molar refractivity (Wildman–Crippen MR) is 61.6 cm³/mol. The van der Waals surface area contributed by atoms with Crippen LogP contribution in [0.25, 0.3) is 10.9 Å². The molecule has 0 aliphatic rings. The quantitative estimate of drug-likeness (QED) is 0.772. The van der Waals surface area contributed by atoms with Gasteiger partial charge in [-0.05, 0) is 18.6 Å². The van der Waals surface area contributed by atoms with Crippen LogP contribution in [0.1, 0.15) is 11.3 Å². The fraction of sp³-hybridized carbons (Fsp3) is 0.182. The Hall–Kier alpha value is -1.85. The predicted octanol–water partition coefficient (Wildman–Crippen LogP) is 0.454. The maximum atomic E-state index is 10.6. The van der Waals surface area contributed by atoms with E-state index in [1.54, 1.807) is 0 Å². The van der Waals surface area contributed by atoms with Gasteiger partial charge in [0.25, 0.3) is 0 Å². The number of aromatic amines is 1. The highest BCUT2D eigenvalue weighted by molar-refractivity contribution is 5.88. The Morgan fingerprint density at radius 3 is 2.56 bits per heavy atom. The molecule has 6 N–H and O–H groups in total. The third kappa shape index (κ3) is 2.39. The van der Waals surface area contributed by atoms with Crippen LogP contribution in [0.4, 0.5) is 0 Å². The molecule has 0 radical (unpaired) electrons. The first-order chi connectivity index (χ1) is 6.68. The van der Waals surface area contributed by atoms with Gasteiger partial charge in [-0.1, -0.05) is 18.2 Å². The van der Waals surface area contributed by atoms with Crippen LogP contribution in [0.3, 0.4) is 0 Å². The molecule has 0 unspecified atom stereocenters. The van der Waals surface area contributed by atoms with Crippen molar-refractivity contribution in [3.8, 4) is 0 Å². The molecular formula is C11H15NO4. The number of para-hydroxylation sites is 1. The van der Waals surface area contributed by atoms with E-state index >= 15 is 0 Å². The van der Waals surface area contributed by atoms with Crippen LogP contribution in [0.5, 0.6) is 0 Å². The summed E-state index contributed by atoms with van der Waals surface area (Å²) in [5.41, 5.74) is 2.82. The van der Waals surface area contributed by atoms with E-state index in [1.807, 2.05) is 31.2 Å². The van der Waals surface area contributed by atoms with Crippen LogP contribution >= 0.6 is 0 Å². The highest BCUT2D eigenvalue weighted by atomic mass is 16.4. The zero-order chi connectivity index (χ0) is 10.1. The van der Waals surface area contributed by atoms with E-state index in [0.717, 1.165) is 22.2 Å². The number of carboxylic acids is 1. The minimum absolute atomic E-state index is 0. The molecule has 2 rings (SSSR count). The molecule has 1 heterocycles. The van der Waals surface area contributed by atoms with Crippen molar-refractivity contribution in [2.45, 2.75) is 13.3 Å². The molecule has 0 saturated heterocycles. The number of hydrogen-bond acceptors (Lipinski definition) is 1. The number of carboxylic acid groups (broad SMARTS) is 1. The van der Waals surface area contributed by atoms with E-state index in [1.165, 1.54) is 0 Å². The SMILES string of the molecule is Cc1[nH]c2ccccc2c1CC(=O)O.O.O. The summed E-state index contributed by atoms with van der Waals surface area (Å²) in [6.07, 6.45) is 0.0792. The smallest absolute Gasteiger partial charge is 0.307 e. The molecule has 0 atom stereocenters. The standard InChI is InChI=1S/C11H11NO2.2H2O/c1-7-9(6-11(13)14)8-4-2-3-5-10(8)12-7;;/h2-5,12H,6H2,1H3,(H,13,14);2*1H2. The van der Waals surface area contributed by atoms with Crippen LogP contribution in [0.15, 0.2) is 24.3 Å². The summed E-state index contributed by atoms with van der Waals surface area (Å²) in [4.78, 5) is 13.8. The number of carbonyl (C=O) groups is 1. The number of aryl methyl sites for hydroxylation is 1. The molecule has 0 aliphatic heterocycles. The normalized spacial score (nSPS) is 9.31. The molecule has 16 heavy (non-hydrogen) atoms. The average Bonchev–Trinajstić information content (AvgIpc) is 2.43.